The van der Waals surface area contributed by atoms with Crippen molar-refractivity contribution in [3.63, 3.8) is 0 Å². The lowest BCUT2D eigenvalue weighted by Crippen LogP contribution is -2.49. The molecule has 98 valence electrons. The van der Waals surface area contributed by atoms with E-state index in [0.717, 1.165) is 19.3 Å². The first-order valence-corrected chi connectivity index (χ1v) is 6.22. The Bertz CT molecular complexity index is 294. The summed E-state index contributed by atoms with van der Waals surface area (Å²) in [7, 11) is 1.38. The molecular weight excluding hydrogens is 218 g/mol. The lowest BCUT2D eigenvalue weighted by atomic mass is 9.90. The summed E-state index contributed by atoms with van der Waals surface area (Å²) in [5.74, 6) is -0.223. The van der Waals surface area contributed by atoms with Gasteiger partial charge >= 0.3 is 5.97 Å². The molecule has 0 aromatic heterocycles. The van der Waals surface area contributed by atoms with Gasteiger partial charge < -0.3 is 9.64 Å². The van der Waals surface area contributed by atoms with Gasteiger partial charge in [0.15, 0.2) is 0 Å². The molecule has 1 fully saturated rings. The summed E-state index contributed by atoms with van der Waals surface area (Å²) in [5.41, 5.74) is -0.0464. The Labute approximate surface area is 103 Å². The highest BCUT2D eigenvalue weighted by Gasteiger charge is 2.33. The lowest BCUT2D eigenvalue weighted by Gasteiger charge is -2.35. The minimum Gasteiger partial charge on any atom is -0.467 e. The average molecular weight is 241 g/mol. The third kappa shape index (κ3) is 4.02. The third-order valence-electron chi connectivity index (χ3n) is 2.98. The van der Waals surface area contributed by atoms with Crippen LogP contribution < -0.4 is 0 Å². The minimum atomic E-state index is -0.372. The highest BCUT2D eigenvalue weighted by molar-refractivity contribution is 5.85. The van der Waals surface area contributed by atoms with Gasteiger partial charge in [-0.25, -0.2) is 4.79 Å². The molecule has 4 nitrogen and oxygen atoms in total. The van der Waals surface area contributed by atoms with Crippen molar-refractivity contribution in [2.24, 2.45) is 5.41 Å². The second-order valence-electron chi connectivity index (χ2n) is 5.86. The Morgan fingerprint density at radius 2 is 1.94 bits per heavy atom. The Hall–Kier alpha value is -1.06. The van der Waals surface area contributed by atoms with Gasteiger partial charge in [-0.3, -0.25) is 4.79 Å². The molecule has 1 saturated heterocycles. The monoisotopic (exact) mass is 241 g/mol. The molecule has 1 atom stereocenters. The molecule has 1 rings (SSSR count). The number of amides is 1. The molecule has 0 aliphatic carbocycles. The van der Waals surface area contributed by atoms with Crippen molar-refractivity contribution < 1.29 is 14.3 Å². The van der Waals surface area contributed by atoms with E-state index < -0.39 is 0 Å². The summed E-state index contributed by atoms with van der Waals surface area (Å²) in [6.45, 7) is 6.76. The van der Waals surface area contributed by atoms with Crippen LogP contribution in [-0.4, -0.2) is 36.5 Å². The summed E-state index contributed by atoms with van der Waals surface area (Å²) < 4.78 is 4.77. The van der Waals surface area contributed by atoms with Crippen LogP contribution in [0.5, 0.6) is 0 Å². The molecule has 1 aliphatic rings. The van der Waals surface area contributed by atoms with E-state index in [4.69, 9.17) is 4.74 Å². The van der Waals surface area contributed by atoms with Crippen molar-refractivity contribution >= 4 is 11.9 Å². The first kappa shape index (κ1) is 14.0. The van der Waals surface area contributed by atoms with Crippen LogP contribution >= 0.6 is 0 Å². The van der Waals surface area contributed by atoms with Gasteiger partial charge in [-0.15, -0.1) is 0 Å². The van der Waals surface area contributed by atoms with Crippen molar-refractivity contribution in [2.45, 2.75) is 52.5 Å². The van der Waals surface area contributed by atoms with Crippen molar-refractivity contribution in [2.75, 3.05) is 13.7 Å². The maximum Gasteiger partial charge on any atom is 0.328 e. The quantitative estimate of drug-likeness (QED) is 0.694. The molecule has 0 unspecified atom stereocenters. The summed E-state index contributed by atoms with van der Waals surface area (Å²) in [4.78, 5) is 25.5. The molecule has 17 heavy (non-hydrogen) atoms. The number of ether oxygens (including phenoxy) is 1. The molecule has 1 aliphatic heterocycles. The highest BCUT2D eigenvalue weighted by atomic mass is 16.5. The fraction of sp³-hybridized carbons (Fsp3) is 0.846. The van der Waals surface area contributed by atoms with Crippen LogP contribution in [0.2, 0.25) is 0 Å². The third-order valence-corrected chi connectivity index (χ3v) is 2.98. The highest BCUT2D eigenvalue weighted by Crippen LogP contribution is 2.24. The van der Waals surface area contributed by atoms with Crippen molar-refractivity contribution in [3.8, 4) is 0 Å². The number of rotatable bonds is 2. The van der Waals surface area contributed by atoms with Crippen LogP contribution in [-0.2, 0) is 14.3 Å². The molecule has 0 saturated carbocycles. The summed E-state index contributed by atoms with van der Waals surface area (Å²) in [6.07, 6.45) is 3.16. The molecule has 4 heteroatoms. The zero-order valence-electron chi connectivity index (χ0n) is 11.3. The standard InChI is InChI=1S/C13H23NO3/c1-13(2,3)9-11(15)14-8-6-5-7-10(14)12(16)17-4/h10H,5-9H2,1-4H3/t10-/m1/s1. The number of methoxy groups -OCH3 is 1. The van der Waals surface area contributed by atoms with E-state index in [1.807, 2.05) is 20.8 Å². The van der Waals surface area contributed by atoms with E-state index in [2.05, 4.69) is 0 Å². The van der Waals surface area contributed by atoms with Crippen LogP contribution in [0.3, 0.4) is 0 Å². The molecule has 0 spiro atoms. The van der Waals surface area contributed by atoms with E-state index in [1.165, 1.54) is 7.11 Å². The lowest BCUT2D eigenvalue weighted by molar-refractivity contribution is -0.155. The number of carbonyl (C=O) groups is 2. The van der Waals surface area contributed by atoms with E-state index in [1.54, 1.807) is 4.90 Å². The van der Waals surface area contributed by atoms with Gasteiger partial charge in [-0.1, -0.05) is 20.8 Å². The Morgan fingerprint density at radius 3 is 2.47 bits per heavy atom. The fourth-order valence-electron chi connectivity index (χ4n) is 2.17. The largest absolute Gasteiger partial charge is 0.467 e. The van der Waals surface area contributed by atoms with Gasteiger partial charge in [0.2, 0.25) is 5.91 Å². The first-order chi connectivity index (χ1) is 7.85. The number of piperidine rings is 1. The van der Waals surface area contributed by atoms with Crippen LogP contribution in [0.25, 0.3) is 0 Å². The number of hydrogen-bond acceptors (Lipinski definition) is 3. The van der Waals surface area contributed by atoms with Crippen molar-refractivity contribution in [1.82, 2.24) is 4.90 Å². The van der Waals surface area contributed by atoms with E-state index in [-0.39, 0.29) is 23.3 Å². The van der Waals surface area contributed by atoms with Gasteiger partial charge in [0, 0.05) is 13.0 Å². The SMILES string of the molecule is COC(=O)[C@H]1CCCCN1C(=O)CC(C)(C)C. The van der Waals surface area contributed by atoms with Crippen LogP contribution in [0.15, 0.2) is 0 Å². The van der Waals surface area contributed by atoms with E-state index in [0.29, 0.717) is 13.0 Å². The number of likely N-dealkylation sites (tertiary alicyclic amines) is 1. The van der Waals surface area contributed by atoms with Gasteiger partial charge in [0.1, 0.15) is 6.04 Å². The number of carbonyl (C=O) groups excluding carboxylic acids is 2. The smallest absolute Gasteiger partial charge is 0.328 e. The normalized spacial score (nSPS) is 21.2. The van der Waals surface area contributed by atoms with Gasteiger partial charge in [-0.05, 0) is 24.7 Å². The Kier molecular flexibility index (Phi) is 4.54. The molecule has 0 aromatic rings. The van der Waals surface area contributed by atoms with E-state index in [9.17, 15) is 9.59 Å². The second-order valence-corrected chi connectivity index (χ2v) is 5.86. The molecule has 1 amide bonds. The zero-order chi connectivity index (χ0) is 13.1. The summed E-state index contributed by atoms with van der Waals surface area (Å²) in [6, 6.07) is -0.372. The second kappa shape index (κ2) is 5.52. The Balaban J connectivity index is 2.71. The number of nitrogens with zero attached hydrogens (tertiary/aromatic N) is 1. The fourth-order valence-corrected chi connectivity index (χ4v) is 2.17. The molecule has 1 heterocycles. The van der Waals surface area contributed by atoms with Crippen molar-refractivity contribution in [1.29, 1.82) is 0 Å². The van der Waals surface area contributed by atoms with Gasteiger partial charge in [0.25, 0.3) is 0 Å². The van der Waals surface area contributed by atoms with Gasteiger partial charge in [-0.2, -0.15) is 0 Å². The Morgan fingerprint density at radius 1 is 1.29 bits per heavy atom. The van der Waals surface area contributed by atoms with Crippen LogP contribution in [0.4, 0.5) is 0 Å². The molecule has 0 bridgehead atoms. The topological polar surface area (TPSA) is 46.6 Å². The minimum absolute atomic E-state index is 0.0464. The molecule has 0 radical (unpaired) electrons. The summed E-state index contributed by atoms with van der Waals surface area (Å²) in [5, 5.41) is 0. The van der Waals surface area contributed by atoms with Crippen LogP contribution in [0.1, 0.15) is 46.5 Å². The maximum absolute atomic E-state index is 12.2. The number of esters is 1. The predicted molar refractivity (Wildman–Crippen MR) is 65.4 cm³/mol. The number of hydrogen-bond donors (Lipinski definition) is 0. The molecule has 0 aromatic carbocycles. The summed E-state index contributed by atoms with van der Waals surface area (Å²) >= 11 is 0. The first-order valence-electron chi connectivity index (χ1n) is 6.22. The molecule has 0 N–H and O–H groups in total. The maximum atomic E-state index is 12.2. The van der Waals surface area contributed by atoms with E-state index >= 15 is 0 Å². The predicted octanol–water partition coefficient (Wildman–Crippen LogP) is 1.98. The van der Waals surface area contributed by atoms with Crippen LogP contribution in [0, 0.1) is 5.41 Å². The molecular formula is C13H23NO3. The average Bonchev–Trinajstić information content (AvgIpc) is 2.25. The van der Waals surface area contributed by atoms with Crippen molar-refractivity contribution in [3.05, 3.63) is 0 Å². The van der Waals surface area contributed by atoms with Gasteiger partial charge in [0.05, 0.1) is 7.11 Å². The zero-order valence-corrected chi connectivity index (χ0v) is 11.3.